The van der Waals surface area contributed by atoms with Gasteiger partial charge in [-0.25, -0.2) is 4.90 Å². The fourth-order valence-corrected chi connectivity index (χ4v) is 5.29. The Labute approximate surface area is 176 Å². The van der Waals surface area contributed by atoms with E-state index in [0.29, 0.717) is 31.4 Å². The predicted molar refractivity (Wildman–Crippen MR) is 113 cm³/mol. The van der Waals surface area contributed by atoms with Crippen molar-refractivity contribution in [2.45, 2.75) is 38.6 Å². The second-order valence-electron chi connectivity index (χ2n) is 8.29. The maximum atomic E-state index is 13.4. The first kappa shape index (κ1) is 18.8. The number of rotatable bonds is 3. The maximum absolute atomic E-state index is 13.4. The van der Waals surface area contributed by atoms with E-state index < -0.39 is 5.92 Å². The van der Waals surface area contributed by atoms with Gasteiger partial charge in [-0.05, 0) is 49.5 Å². The highest BCUT2D eigenvalue weighted by molar-refractivity contribution is 6.23. The van der Waals surface area contributed by atoms with Crippen molar-refractivity contribution in [2.75, 3.05) is 4.90 Å². The molecule has 0 unspecified atom stereocenters. The van der Waals surface area contributed by atoms with Crippen LogP contribution < -0.4 is 4.90 Å². The third-order valence-electron chi connectivity index (χ3n) is 6.72. The molecule has 2 heterocycles. The van der Waals surface area contributed by atoms with Crippen LogP contribution in [0, 0.1) is 11.8 Å². The summed E-state index contributed by atoms with van der Waals surface area (Å²) in [5.41, 5.74) is 3.65. The summed E-state index contributed by atoms with van der Waals surface area (Å²) in [4.78, 5) is 42.7. The van der Waals surface area contributed by atoms with Gasteiger partial charge in [-0.1, -0.05) is 48.5 Å². The zero-order chi connectivity index (χ0) is 20.8. The van der Waals surface area contributed by atoms with Gasteiger partial charge in [0.1, 0.15) is 0 Å². The maximum Gasteiger partial charge on any atom is 0.241 e. The third-order valence-corrected chi connectivity index (χ3v) is 6.72. The first-order chi connectivity index (χ1) is 14.6. The van der Waals surface area contributed by atoms with Crippen molar-refractivity contribution in [1.82, 2.24) is 4.90 Å². The van der Waals surface area contributed by atoms with Crippen LogP contribution in [0.4, 0.5) is 5.69 Å². The molecule has 0 N–H and O–H groups in total. The average Bonchev–Trinajstić information content (AvgIpc) is 3.04. The number of carbonyl (C=O) groups excluding carboxylic acids is 3. The van der Waals surface area contributed by atoms with Crippen molar-refractivity contribution < 1.29 is 14.4 Å². The Morgan fingerprint density at radius 3 is 2.20 bits per heavy atom. The monoisotopic (exact) mass is 400 g/mol. The lowest BCUT2D eigenvalue weighted by molar-refractivity contribution is -0.133. The number of benzene rings is 2. The summed E-state index contributed by atoms with van der Waals surface area (Å²) in [5, 5.41) is 0. The van der Waals surface area contributed by atoms with E-state index in [1.165, 1.54) is 4.90 Å². The van der Waals surface area contributed by atoms with Crippen molar-refractivity contribution in [3.8, 4) is 0 Å². The molecule has 0 spiro atoms. The summed E-state index contributed by atoms with van der Waals surface area (Å²) in [5.74, 6) is -0.925. The number of allylic oxidation sites excluding steroid dienone is 1. The first-order valence-electron chi connectivity index (χ1n) is 10.6. The summed E-state index contributed by atoms with van der Waals surface area (Å²) < 4.78 is 0. The van der Waals surface area contributed by atoms with Crippen LogP contribution in [0.5, 0.6) is 0 Å². The average molecular weight is 400 g/mol. The van der Waals surface area contributed by atoms with Crippen molar-refractivity contribution >= 4 is 23.4 Å². The summed E-state index contributed by atoms with van der Waals surface area (Å²) in [6, 6.07) is 19.0. The summed E-state index contributed by atoms with van der Waals surface area (Å²) >= 11 is 0. The lowest BCUT2D eigenvalue weighted by atomic mass is 9.74. The normalized spacial score (nSPS) is 24.8. The number of carbonyl (C=O) groups is 3. The van der Waals surface area contributed by atoms with Crippen LogP contribution in [-0.4, -0.2) is 22.6 Å². The van der Waals surface area contributed by atoms with Crippen LogP contribution in [0.25, 0.3) is 0 Å². The largest absolute Gasteiger partial charge is 0.309 e. The van der Waals surface area contributed by atoms with E-state index in [2.05, 4.69) is 0 Å². The number of imide groups is 1. The SMILES string of the molecule is C[C@H](c1ccccc1)N1C(=O)CCC2=C1CC[C@@H]1C(=O)N(c3ccccc3)C(=O)[C@H]21. The van der Waals surface area contributed by atoms with Crippen molar-refractivity contribution in [2.24, 2.45) is 11.8 Å². The molecule has 5 heteroatoms. The Kier molecular flexibility index (Phi) is 4.54. The van der Waals surface area contributed by atoms with E-state index in [0.717, 1.165) is 16.8 Å². The Hall–Kier alpha value is -3.21. The smallest absolute Gasteiger partial charge is 0.241 e. The number of amides is 3. The van der Waals surface area contributed by atoms with Gasteiger partial charge in [-0.2, -0.15) is 0 Å². The van der Waals surface area contributed by atoms with Gasteiger partial charge in [0.2, 0.25) is 17.7 Å². The van der Waals surface area contributed by atoms with Gasteiger partial charge in [-0.15, -0.1) is 0 Å². The van der Waals surface area contributed by atoms with Crippen molar-refractivity contribution in [3.63, 3.8) is 0 Å². The number of hydrogen-bond donors (Lipinski definition) is 0. The summed E-state index contributed by atoms with van der Waals surface area (Å²) in [6.07, 6.45) is 2.20. The zero-order valence-electron chi connectivity index (χ0n) is 17.0. The van der Waals surface area contributed by atoms with Gasteiger partial charge in [0.05, 0.1) is 23.6 Å². The van der Waals surface area contributed by atoms with E-state index in [-0.39, 0.29) is 29.7 Å². The number of anilines is 1. The second kappa shape index (κ2) is 7.24. The molecule has 2 aromatic rings. The molecular weight excluding hydrogens is 376 g/mol. The van der Waals surface area contributed by atoms with Crippen LogP contribution in [0.3, 0.4) is 0 Å². The van der Waals surface area contributed by atoms with E-state index in [1.807, 2.05) is 60.4 Å². The summed E-state index contributed by atoms with van der Waals surface area (Å²) in [7, 11) is 0. The molecule has 30 heavy (non-hydrogen) atoms. The second-order valence-corrected chi connectivity index (χ2v) is 8.29. The Morgan fingerprint density at radius 2 is 1.50 bits per heavy atom. The van der Waals surface area contributed by atoms with Gasteiger partial charge >= 0.3 is 0 Å². The van der Waals surface area contributed by atoms with E-state index in [1.54, 1.807) is 12.1 Å². The number of nitrogens with zero attached hydrogens (tertiary/aromatic N) is 2. The molecule has 0 saturated carbocycles. The van der Waals surface area contributed by atoms with Gasteiger partial charge < -0.3 is 4.90 Å². The quantitative estimate of drug-likeness (QED) is 0.725. The minimum absolute atomic E-state index is 0.0974. The molecule has 2 aromatic carbocycles. The lowest BCUT2D eigenvalue weighted by Gasteiger charge is -2.41. The van der Waals surface area contributed by atoms with E-state index >= 15 is 0 Å². The number of para-hydroxylation sites is 1. The van der Waals surface area contributed by atoms with Crippen molar-refractivity contribution in [1.29, 1.82) is 0 Å². The molecular formula is C25H24N2O3. The third kappa shape index (κ3) is 2.80. The van der Waals surface area contributed by atoms with Gasteiger partial charge in [0, 0.05) is 12.1 Å². The van der Waals surface area contributed by atoms with Crippen LogP contribution in [0.2, 0.25) is 0 Å². The fraction of sp³-hybridized carbons (Fsp3) is 0.320. The van der Waals surface area contributed by atoms with Gasteiger partial charge in [0.15, 0.2) is 0 Å². The van der Waals surface area contributed by atoms with Crippen LogP contribution in [0.15, 0.2) is 71.9 Å². The van der Waals surface area contributed by atoms with E-state index in [9.17, 15) is 14.4 Å². The Bertz CT molecular complexity index is 1040. The van der Waals surface area contributed by atoms with Gasteiger partial charge in [-0.3, -0.25) is 14.4 Å². The number of fused-ring (bicyclic) bond motifs is 2. The molecule has 1 saturated heterocycles. The lowest BCUT2D eigenvalue weighted by Crippen LogP contribution is -2.41. The van der Waals surface area contributed by atoms with Crippen LogP contribution in [-0.2, 0) is 14.4 Å². The molecule has 5 nitrogen and oxygen atoms in total. The van der Waals surface area contributed by atoms with Gasteiger partial charge in [0.25, 0.3) is 0 Å². The zero-order valence-corrected chi connectivity index (χ0v) is 17.0. The molecule has 1 aliphatic carbocycles. The standard InChI is InChI=1S/C25H24N2O3/c1-16(17-8-4-2-5-9-17)26-21-14-12-20-23(19(21)13-15-22(26)28)25(30)27(24(20)29)18-10-6-3-7-11-18/h2-11,16,20,23H,12-15H2,1H3/t16-,20+,23-/m1/s1. The minimum Gasteiger partial charge on any atom is -0.309 e. The van der Waals surface area contributed by atoms with Crippen LogP contribution >= 0.6 is 0 Å². The topological polar surface area (TPSA) is 57.7 Å². The highest BCUT2D eigenvalue weighted by atomic mass is 16.2. The fourth-order valence-electron chi connectivity index (χ4n) is 5.29. The minimum atomic E-state index is -0.444. The highest BCUT2D eigenvalue weighted by Crippen LogP contribution is 2.48. The molecule has 152 valence electrons. The Balaban J connectivity index is 1.54. The molecule has 3 amide bonds. The molecule has 3 atom stereocenters. The molecule has 1 fully saturated rings. The highest BCUT2D eigenvalue weighted by Gasteiger charge is 2.53. The van der Waals surface area contributed by atoms with E-state index in [4.69, 9.17) is 0 Å². The number of hydrogen-bond acceptors (Lipinski definition) is 3. The van der Waals surface area contributed by atoms with Crippen LogP contribution in [0.1, 0.15) is 44.2 Å². The summed E-state index contributed by atoms with van der Waals surface area (Å²) in [6.45, 7) is 2.03. The predicted octanol–water partition coefficient (Wildman–Crippen LogP) is 4.22. The molecule has 5 rings (SSSR count). The molecule has 2 aliphatic heterocycles. The van der Waals surface area contributed by atoms with Crippen molar-refractivity contribution in [3.05, 3.63) is 77.5 Å². The molecule has 0 bridgehead atoms. The molecule has 3 aliphatic rings. The molecule has 0 aromatic heterocycles. The first-order valence-corrected chi connectivity index (χ1v) is 10.6. The Morgan fingerprint density at radius 1 is 0.833 bits per heavy atom. The molecule has 0 radical (unpaired) electrons.